The number of rotatable bonds is 5. The summed E-state index contributed by atoms with van der Waals surface area (Å²) in [5.74, 6) is 0.880. The summed E-state index contributed by atoms with van der Waals surface area (Å²) in [6.45, 7) is 6.13. The number of hydrogen-bond donors (Lipinski definition) is 2. The van der Waals surface area contributed by atoms with E-state index in [2.05, 4.69) is 24.1 Å². The number of methoxy groups -OCH3 is 1. The lowest BCUT2D eigenvalue weighted by Crippen LogP contribution is -2.16. The maximum Gasteiger partial charge on any atom is 0.128 e. The molecule has 2 N–H and O–H groups in total. The highest BCUT2D eigenvalue weighted by Gasteiger charge is 2.14. The van der Waals surface area contributed by atoms with Crippen LogP contribution in [0.3, 0.4) is 0 Å². The standard InChI is InChI=1S/C14H19ClN2O/c1-4-16-8-7-10-9(2)17-14-11(15)5-6-12(18-3)13(10)14/h5-6,16-17H,4,7-8H2,1-3H3. The summed E-state index contributed by atoms with van der Waals surface area (Å²) in [5.41, 5.74) is 3.42. The summed E-state index contributed by atoms with van der Waals surface area (Å²) in [6.07, 6.45) is 0.969. The molecular weight excluding hydrogens is 248 g/mol. The molecule has 3 nitrogen and oxygen atoms in total. The van der Waals surface area contributed by atoms with Gasteiger partial charge in [-0.15, -0.1) is 0 Å². The van der Waals surface area contributed by atoms with E-state index in [1.807, 2.05) is 12.1 Å². The van der Waals surface area contributed by atoms with Gasteiger partial charge in [0.1, 0.15) is 5.75 Å². The molecule has 1 aromatic carbocycles. The Morgan fingerprint density at radius 2 is 2.17 bits per heavy atom. The number of halogens is 1. The maximum atomic E-state index is 6.23. The molecule has 2 aromatic rings. The lowest BCUT2D eigenvalue weighted by atomic mass is 10.1. The second kappa shape index (κ2) is 5.63. The molecule has 1 aromatic heterocycles. The number of aryl methyl sites for hydroxylation is 1. The lowest BCUT2D eigenvalue weighted by molar-refractivity contribution is 0.419. The van der Waals surface area contributed by atoms with E-state index in [1.165, 1.54) is 5.56 Å². The van der Waals surface area contributed by atoms with Gasteiger partial charge in [0.15, 0.2) is 0 Å². The number of nitrogens with one attached hydrogen (secondary N) is 2. The number of ether oxygens (including phenoxy) is 1. The molecule has 0 spiro atoms. The summed E-state index contributed by atoms with van der Waals surface area (Å²) < 4.78 is 5.44. The van der Waals surface area contributed by atoms with Gasteiger partial charge in [0, 0.05) is 11.1 Å². The number of likely N-dealkylation sites (N-methyl/N-ethyl adjacent to an activating group) is 1. The van der Waals surface area contributed by atoms with Crippen molar-refractivity contribution < 1.29 is 4.74 Å². The van der Waals surface area contributed by atoms with Crippen LogP contribution in [0.2, 0.25) is 5.02 Å². The Balaban J connectivity index is 2.50. The minimum Gasteiger partial charge on any atom is -0.496 e. The molecule has 98 valence electrons. The van der Waals surface area contributed by atoms with E-state index < -0.39 is 0 Å². The fourth-order valence-electron chi connectivity index (χ4n) is 2.30. The first-order valence-corrected chi connectivity index (χ1v) is 6.61. The molecule has 0 fully saturated rings. The van der Waals surface area contributed by atoms with Gasteiger partial charge >= 0.3 is 0 Å². The molecule has 1 heterocycles. The zero-order chi connectivity index (χ0) is 13.1. The van der Waals surface area contributed by atoms with E-state index in [-0.39, 0.29) is 0 Å². The number of hydrogen-bond acceptors (Lipinski definition) is 2. The van der Waals surface area contributed by atoms with E-state index >= 15 is 0 Å². The summed E-state index contributed by atoms with van der Waals surface area (Å²) in [6, 6.07) is 3.79. The van der Waals surface area contributed by atoms with Crippen molar-refractivity contribution >= 4 is 22.5 Å². The van der Waals surface area contributed by atoms with Crippen molar-refractivity contribution in [3.05, 3.63) is 28.4 Å². The molecule has 0 saturated carbocycles. The van der Waals surface area contributed by atoms with Gasteiger partial charge < -0.3 is 15.0 Å². The number of fused-ring (bicyclic) bond motifs is 1. The van der Waals surface area contributed by atoms with Crippen LogP contribution in [0, 0.1) is 6.92 Å². The molecule has 0 aliphatic carbocycles. The van der Waals surface area contributed by atoms with Crippen LogP contribution in [0.1, 0.15) is 18.2 Å². The van der Waals surface area contributed by atoms with E-state index in [0.29, 0.717) is 0 Å². The van der Waals surface area contributed by atoms with Crippen molar-refractivity contribution in [2.24, 2.45) is 0 Å². The molecule has 0 aliphatic heterocycles. The van der Waals surface area contributed by atoms with E-state index in [9.17, 15) is 0 Å². The van der Waals surface area contributed by atoms with Gasteiger partial charge in [-0.2, -0.15) is 0 Å². The second-order valence-corrected chi connectivity index (χ2v) is 4.74. The smallest absolute Gasteiger partial charge is 0.128 e. The van der Waals surface area contributed by atoms with Gasteiger partial charge in [0.25, 0.3) is 0 Å². The summed E-state index contributed by atoms with van der Waals surface area (Å²) >= 11 is 6.23. The topological polar surface area (TPSA) is 37.0 Å². The summed E-state index contributed by atoms with van der Waals surface area (Å²) in [7, 11) is 1.69. The van der Waals surface area contributed by atoms with Crippen LogP contribution in [0.5, 0.6) is 5.75 Å². The average Bonchev–Trinajstić information content (AvgIpc) is 2.69. The maximum absolute atomic E-state index is 6.23. The minimum atomic E-state index is 0.739. The van der Waals surface area contributed by atoms with Crippen LogP contribution in [0.25, 0.3) is 10.9 Å². The first-order chi connectivity index (χ1) is 8.69. The lowest BCUT2D eigenvalue weighted by Gasteiger charge is -2.07. The number of benzene rings is 1. The second-order valence-electron chi connectivity index (χ2n) is 4.33. The Kier molecular flexibility index (Phi) is 4.15. The van der Waals surface area contributed by atoms with Crippen molar-refractivity contribution in [2.75, 3.05) is 20.2 Å². The first kappa shape index (κ1) is 13.2. The third kappa shape index (κ3) is 2.33. The molecule has 18 heavy (non-hydrogen) atoms. The van der Waals surface area contributed by atoms with Gasteiger partial charge in [-0.05, 0) is 44.1 Å². The van der Waals surface area contributed by atoms with Crippen molar-refractivity contribution in [1.29, 1.82) is 0 Å². The zero-order valence-corrected chi connectivity index (χ0v) is 11.8. The predicted molar refractivity (Wildman–Crippen MR) is 76.8 cm³/mol. The van der Waals surface area contributed by atoms with Gasteiger partial charge in [0.05, 0.1) is 17.6 Å². The molecule has 0 aliphatic rings. The summed E-state index contributed by atoms with van der Waals surface area (Å²) in [5, 5.41) is 5.19. The van der Waals surface area contributed by atoms with Crippen LogP contribution in [0.4, 0.5) is 0 Å². The van der Waals surface area contributed by atoms with E-state index in [0.717, 1.165) is 46.9 Å². The van der Waals surface area contributed by atoms with Crippen molar-refractivity contribution in [2.45, 2.75) is 20.3 Å². The zero-order valence-electron chi connectivity index (χ0n) is 11.1. The van der Waals surface area contributed by atoms with Crippen LogP contribution in [-0.2, 0) is 6.42 Å². The van der Waals surface area contributed by atoms with Crippen LogP contribution in [-0.4, -0.2) is 25.2 Å². The van der Waals surface area contributed by atoms with Gasteiger partial charge in [-0.25, -0.2) is 0 Å². The number of aromatic amines is 1. The molecule has 0 bridgehead atoms. The Hall–Kier alpha value is -1.19. The molecule has 0 amide bonds. The quantitative estimate of drug-likeness (QED) is 0.815. The molecule has 2 rings (SSSR count). The third-order valence-corrected chi connectivity index (χ3v) is 3.52. The van der Waals surface area contributed by atoms with E-state index in [4.69, 9.17) is 16.3 Å². The number of aromatic nitrogens is 1. The van der Waals surface area contributed by atoms with E-state index in [1.54, 1.807) is 7.11 Å². The van der Waals surface area contributed by atoms with Gasteiger partial charge in [0.2, 0.25) is 0 Å². The van der Waals surface area contributed by atoms with Crippen molar-refractivity contribution in [1.82, 2.24) is 10.3 Å². The largest absolute Gasteiger partial charge is 0.496 e. The fraction of sp³-hybridized carbons (Fsp3) is 0.429. The Morgan fingerprint density at radius 1 is 1.39 bits per heavy atom. The predicted octanol–water partition coefficient (Wildman–Crippen LogP) is 3.29. The number of H-pyrrole nitrogens is 1. The van der Waals surface area contributed by atoms with Gasteiger partial charge in [-0.1, -0.05) is 18.5 Å². The fourth-order valence-corrected chi connectivity index (χ4v) is 2.51. The molecule has 0 atom stereocenters. The molecular formula is C14H19ClN2O. The Morgan fingerprint density at radius 3 is 2.83 bits per heavy atom. The van der Waals surface area contributed by atoms with Crippen molar-refractivity contribution in [3.63, 3.8) is 0 Å². The van der Waals surface area contributed by atoms with Crippen molar-refractivity contribution in [3.8, 4) is 5.75 Å². The highest BCUT2D eigenvalue weighted by Crippen LogP contribution is 2.35. The third-order valence-electron chi connectivity index (χ3n) is 3.20. The Labute approximate surface area is 112 Å². The SMILES string of the molecule is CCNCCc1c(C)[nH]c2c(Cl)ccc(OC)c12. The monoisotopic (exact) mass is 266 g/mol. The molecule has 0 unspecified atom stereocenters. The highest BCUT2D eigenvalue weighted by molar-refractivity contribution is 6.35. The van der Waals surface area contributed by atoms with Crippen LogP contribution >= 0.6 is 11.6 Å². The average molecular weight is 267 g/mol. The first-order valence-electron chi connectivity index (χ1n) is 6.23. The molecule has 0 radical (unpaired) electrons. The van der Waals surface area contributed by atoms with Gasteiger partial charge in [-0.3, -0.25) is 0 Å². The molecule has 0 saturated heterocycles. The Bertz CT molecular complexity index is 548. The van der Waals surface area contributed by atoms with Crippen LogP contribution < -0.4 is 10.1 Å². The van der Waals surface area contributed by atoms with Crippen LogP contribution in [0.15, 0.2) is 12.1 Å². The minimum absolute atomic E-state index is 0.739. The molecule has 4 heteroatoms. The normalized spacial score (nSPS) is 11.1. The highest BCUT2D eigenvalue weighted by atomic mass is 35.5. The summed E-state index contributed by atoms with van der Waals surface area (Å²) in [4.78, 5) is 3.36.